The van der Waals surface area contributed by atoms with Gasteiger partial charge in [0, 0.05) is 43.5 Å². The first-order valence-electron chi connectivity index (χ1n) is 15.5. The molecule has 3 aromatic rings. The van der Waals surface area contributed by atoms with Gasteiger partial charge < -0.3 is 35.8 Å². The van der Waals surface area contributed by atoms with Crippen molar-refractivity contribution in [3.63, 3.8) is 0 Å². The SMILES string of the molecule is COC(=O)C(Cc1ccccc1)NC1=NS(=O)(=O)N=C1Nc1ccc(N2CCC(NC[C@H](O)c3ccc(O)c(NS(C)(=O)=O)c3)CC2)cc1. The van der Waals surface area contributed by atoms with Crippen LogP contribution in [-0.4, -0.2) is 89.8 Å². The number of hydrogen-bond acceptors (Lipinski definition) is 12. The van der Waals surface area contributed by atoms with Crippen molar-refractivity contribution in [1.29, 1.82) is 0 Å². The summed E-state index contributed by atoms with van der Waals surface area (Å²) >= 11 is 0. The number of phenolic OH excluding ortho intramolecular Hbond substituents is 1. The van der Waals surface area contributed by atoms with E-state index in [1.165, 1.54) is 19.2 Å². The summed E-state index contributed by atoms with van der Waals surface area (Å²) in [5, 5.41) is 29.9. The van der Waals surface area contributed by atoms with E-state index in [4.69, 9.17) is 4.74 Å². The van der Waals surface area contributed by atoms with Crippen molar-refractivity contribution in [3.8, 4) is 5.75 Å². The van der Waals surface area contributed by atoms with Gasteiger partial charge in [0.05, 0.1) is 25.2 Å². The van der Waals surface area contributed by atoms with Crippen LogP contribution in [0.1, 0.15) is 30.1 Å². The number of aliphatic hydroxyl groups excluding tert-OH is 1. The van der Waals surface area contributed by atoms with Crippen LogP contribution in [0.4, 0.5) is 17.1 Å². The van der Waals surface area contributed by atoms with E-state index >= 15 is 0 Å². The molecule has 2 aliphatic rings. The largest absolute Gasteiger partial charge is 0.506 e. The molecule has 262 valence electrons. The highest BCUT2D eigenvalue weighted by Gasteiger charge is 2.30. The maximum absolute atomic E-state index is 12.5. The first-order valence-corrected chi connectivity index (χ1v) is 18.7. The van der Waals surface area contributed by atoms with Gasteiger partial charge in [0.25, 0.3) is 0 Å². The number of anilines is 3. The fourth-order valence-electron chi connectivity index (χ4n) is 5.54. The molecule has 6 N–H and O–H groups in total. The van der Waals surface area contributed by atoms with Crippen LogP contribution in [-0.2, 0) is 36.2 Å². The summed E-state index contributed by atoms with van der Waals surface area (Å²) in [4.78, 5) is 14.7. The predicted molar refractivity (Wildman–Crippen MR) is 188 cm³/mol. The van der Waals surface area contributed by atoms with Crippen LogP contribution < -0.4 is 25.6 Å². The lowest BCUT2D eigenvalue weighted by atomic mass is 10.0. The van der Waals surface area contributed by atoms with Crippen molar-refractivity contribution in [2.75, 3.05) is 47.9 Å². The normalized spacial score (nSPS) is 17.4. The summed E-state index contributed by atoms with van der Waals surface area (Å²) in [5.74, 6) is -0.944. The number of benzene rings is 3. The summed E-state index contributed by atoms with van der Waals surface area (Å²) in [6, 6.07) is 20.2. The van der Waals surface area contributed by atoms with E-state index in [1.807, 2.05) is 42.5 Å². The lowest BCUT2D eigenvalue weighted by molar-refractivity contribution is -0.142. The Morgan fingerprint density at radius 2 is 1.69 bits per heavy atom. The number of amidine groups is 2. The Kier molecular flexibility index (Phi) is 11.1. The number of aliphatic hydroxyl groups is 1. The number of aromatic hydroxyl groups is 1. The summed E-state index contributed by atoms with van der Waals surface area (Å²) < 4.78 is 62.3. The van der Waals surface area contributed by atoms with E-state index in [0.717, 1.165) is 43.4 Å². The van der Waals surface area contributed by atoms with E-state index in [1.54, 1.807) is 18.2 Å². The Hall–Kier alpha value is -4.71. The number of nitrogens with zero attached hydrogens (tertiary/aromatic N) is 3. The van der Waals surface area contributed by atoms with Crippen molar-refractivity contribution in [1.82, 2.24) is 10.6 Å². The Morgan fingerprint density at radius 1 is 1.02 bits per heavy atom. The molecule has 5 rings (SSSR count). The molecule has 3 aromatic carbocycles. The van der Waals surface area contributed by atoms with E-state index < -0.39 is 38.3 Å². The second-order valence-corrected chi connectivity index (χ2v) is 14.8. The molecule has 0 aromatic heterocycles. The van der Waals surface area contributed by atoms with Crippen molar-refractivity contribution < 1.29 is 36.6 Å². The van der Waals surface area contributed by atoms with Crippen LogP contribution in [0, 0.1) is 0 Å². The van der Waals surface area contributed by atoms with Gasteiger partial charge in [-0.25, -0.2) is 13.2 Å². The minimum absolute atomic E-state index is 0.00567. The van der Waals surface area contributed by atoms with Crippen molar-refractivity contribution in [3.05, 3.63) is 83.9 Å². The maximum Gasteiger partial charge on any atom is 0.367 e. The number of esters is 1. The van der Waals surface area contributed by atoms with Crippen LogP contribution in [0.5, 0.6) is 5.75 Å². The third kappa shape index (κ3) is 9.91. The van der Waals surface area contributed by atoms with Crippen LogP contribution in [0.2, 0.25) is 0 Å². The molecule has 2 heterocycles. The van der Waals surface area contributed by atoms with Crippen molar-refractivity contribution in [2.45, 2.75) is 37.5 Å². The number of hydrogen-bond donors (Lipinski definition) is 6. The smallest absolute Gasteiger partial charge is 0.367 e. The number of carbonyl (C=O) groups is 1. The quantitative estimate of drug-likeness (QED) is 0.117. The highest BCUT2D eigenvalue weighted by molar-refractivity contribution is 7.92. The molecule has 0 bridgehead atoms. The highest BCUT2D eigenvalue weighted by Crippen LogP contribution is 2.28. The monoisotopic (exact) mass is 713 g/mol. The molecule has 1 fully saturated rings. The number of methoxy groups -OCH3 is 1. The molecule has 0 aliphatic carbocycles. The lowest BCUT2D eigenvalue weighted by Gasteiger charge is -2.34. The first kappa shape index (κ1) is 35.6. The zero-order valence-corrected chi connectivity index (χ0v) is 28.5. The van der Waals surface area contributed by atoms with Gasteiger partial charge in [-0.15, -0.1) is 8.80 Å². The molecule has 0 radical (unpaired) electrons. The van der Waals surface area contributed by atoms with Crippen molar-refractivity contribution in [2.24, 2.45) is 8.80 Å². The Bertz CT molecular complexity index is 1910. The van der Waals surface area contributed by atoms with Gasteiger partial charge in [-0.3, -0.25) is 4.72 Å². The zero-order valence-electron chi connectivity index (χ0n) is 26.9. The maximum atomic E-state index is 12.5. The second-order valence-electron chi connectivity index (χ2n) is 11.7. The van der Waals surface area contributed by atoms with Crippen LogP contribution in [0.15, 0.2) is 81.6 Å². The van der Waals surface area contributed by atoms with Crippen LogP contribution >= 0.6 is 0 Å². The zero-order chi connectivity index (χ0) is 35.2. The predicted octanol–water partition coefficient (Wildman–Crippen LogP) is 1.90. The molecular weight excluding hydrogens is 675 g/mol. The van der Waals surface area contributed by atoms with Crippen LogP contribution in [0.3, 0.4) is 0 Å². The molecule has 0 amide bonds. The van der Waals surface area contributed by atoms with E-state index in [0.29, 0.717) is 11.3 Å². The van der Waals surface area contributed by atoms with E-state index in [2.05, 4.69) is 34.4 Å². The Morgan fingerprint density at radius 3 is 2.35 bits per heavy atom. The molecular formula is C32H39N7O8S2. The number of ether oxygens (including phenoxy) is 1. The van der Waals surface area contributed by atoms with Gasteiger partial charge in [-0.2, -0.15) is 8.42 Å². The molecule has 1 unspecified atom stereocenters. The minimum Gasteiger partial charge on any atom is -0.506 e. The topological polar surface area (TPSA) is 211 Å². The number of rotatable bonds is 12. The molecule has 0 saturated carbocycles. The average Bonchev–Trinajstić information content (AvgIpc) is 3.36. The third-order valence-corrected chi connectivity index (χ3v) is 9.42. The summed E-state index contributed by atoms with van der Waals surface area (Å²) in [7, 11) is -6.49. The minimum atomic E-state index is -4.15. The second kappa shape index (κ2) is 15.2. The van der Waals surface area contributed by atoms with Gasteiger partial charge in [0.15, 0.2) is 11.7 Å². The fraction of sp³-hybridized carbons (Fsp3) is 0.344. The van der Waals surface area contributed by atoms with Crippen molar-refractivity contribution >= 4 is 54.9 Å². The van der Waals surface area contributed by atoms with Gasteiger partial charge in [0.1, 0.15) is 11.8 Å². The lowest BCUT2D eigenvalue weighted by Crippen LogP contribution is -2.46. The van der Waals surface area contributed by atoms with E-state index in [-0.39, 0.29) is 42.1 Å². The molecule has 2 aliphatic heterocycles. The van der Waals surface area contributed by atoms with Crippen LogP contribution in [0.25, 0.3) is 0 Å². The fourth-order valence-corrected chi connectivity index (χ4v) is 6.87. The first-order chi connectivity index (χ1) is 23.3. The molecule has 2 atom stereocenters. The summed E-state index contributed by atoms with van der Waals surface area (Å²) in [6.45, 7) is 1.76. The summed E-state index contributed by atoms with van der Waals surface area (Å²) in [6.07, 6.45) is 1.94. The molecule has 1 saturated heterocycles. The molecule has 49 heavy (non-hydrogen) atoms. The average molecular weight is 714 g/mol. The molecule has 17 heteroatoms. The Balaban J connectivity index is 1.14. The number of sulfonamides is 1. The number of nitrogens with one attached hydrogen (secondary N) is 4. The number of phenols is 1. The number of piperidine rings is 1. The third-order valence-electron chi connectivity index (χ3n) is 8.01. The van der Waals surface area contributed by atoms with Gasteiger partial charge >= 0.3 is 16.2 Å². The standard InChI is InChI=1S/C32H39N7O8S2/c1-47-32(42)27(18-21-6-4-3-5-7-21)35-31-30(37-49(45,46)38-31)34-24-9-11-25(12-10-24)39-16-14-23(15-17-39)33-20-29(41)22-8-13-28(40)26(19-22)36-48(2,43)44/h3-13,19,23,27,29,33,36,40-41H,14-18,20H2,1-2H3,(H,34,37)(H,35,38)/t27?,29-/m0/s1. The molecule has 15 nitrogen and oxygen atoms in total. The van der Waals surface area contributed by atoms with E-state index in [9.17, 15) is 31.8 Å². The highest BCUT2D eigenvalue weighted by atomic mass is 32.2. The van der Waals surface area contributed by atoms with Gasteiger partial charge in [-0.1, -0.05) is 36.4 Å². The summed E-state index contributed by atoms with van der Waals surface area (Å²) in [5.41, 5.74) is 2.86. The van der Waals surface area contributed by atoms with Gasteiger partial charge in [0.2, 0.25) is 10.0 Å². The molecule has 0 spiro atoms. The Labute approximate surface area is 285 Å². The number of carbonyl (C=O) groups excluding carboxylic acids is 1. The van der Waals surface area contributed by atoms with Gasteiger partial charge in [-0.05, 0) is 60.4 Å².